The van der Waals surface area contributed by atoms with Gasteiger partial charge in [-0.05, 0) is 37.2 Å². The van der Waals surface area contributed by atoms with Crippen molar-refractivity contribution in [3.05, 3.63) is 59.2 Å². The number of rotatable bonds is 6. The Bertz CT molecular complexity index is 596. The predicted molar refractivity (Wildman–Crippen MR) is 86.2 cm³/mol. The van der Waals surface area contributed by atoms with Crippen molar-refractivity contribution in [2.24, 2.45) is 0 Å². The Hall–Kier alpha value is -2.00. The van der Waals surface area contributed by atoms with Gasteiger partial charge in [0.2, 0.25) is 0 Å². The van der Waals surface area contributed by atoms with Gasteiger partial charge in [-0.2, -0.15) is 0 Å². The summed E-state index contributed by atoms with van der Waals surface area (Å²) in [6.07, 6.45) is 0. The highest BCUT2D eigenvalue weighted by Gasteiger charge is 2.18. The second-order valence-electron chi connectivity index (χ2n) is 5.01. The fourth-order valence-electron chi connectivity index (χ4n) is 2.51. The second-order valence-corrected chi connectivity index (χ2v) is 5.01. The van der Waals surface area contributed by atoms with Crippen LogP contribution in [0.3, 0.4) is 0 Å². The topological polar surface area (TPSA) is 30.5 Å². The molecule has 0 bridgehead atoms. The standard InChI is InChI=1S/C18H23NO2/c1-5-19-18(14-7-6-8-15(12-14)20-3)16-11-13(2)9-10-17(16)21-4/h6-12,18-19H,5H2,1-4H3. The third-order valence-electron chi connectivity index (χ3n) is 3.53. The lowest BCUT2D eigenvalue weighted by Crippen LogP contribution is -2.22. The first-order valence-electron chi connectivity index (χ1n) is 7.21. The van der Waals surface area contributed by atoms with Crippen molar-refractivity contribution < 1.29 is 9.47 Å². The maximum absolute atomic E-state index is 5.53. The summed E-state index contributed by atoms with van der Waals surface area (Å²) < 4.78 is 10.9. The average molecular weight is 285 g/mol. The second kappa shape index (κ2) is 7.14. The van der Waals surface area contributed by atoms with Gasteiger partial charge in [-0.1, -0.05) is 36.8 Å². The number of ether oxygens (including phenoxy) is 2. The minimum atomic E-state index is 0.0833. The molecule has 1 atom stereocenters. The van der Waals surface area contributed by atoms with Crippen LogP contribution in [0.25, 0.3) is 0 Å². The molecule has 0 aliphatic rings. The first-order valence-corrected chi connectivity index (χ1v) is 7.21. The number of hydrogen-bond donors (Lipinski definition) is 1. The first-order chi connectivity index (χ1) is 10.2. The molecule has 0 aliphatic heterocycles. The molecule has 0 heterocycles. The Morgan fingerprint density at radius 2 is 1.86 bits per heavy atom. The van der Waals surface area contributed by atoms with Crippen molar-refractivity contribution in [3.63, 3.8) is 0 Å². The maximum Gasteiger partial charge on any atom is 0.123 e. The molecule has 2 aromatic rings. The Balaban J connectivity index is 2.49. The molecule has 2 aromatic carbocycles. The minimum absolute atomic E-state index is 0.0833. The number of methoxy groups -OCH3 is 2. The van der Waals surface area contributed by atoms with Gasteiger partial charge >= 0.3 is 0 Å². The van der Waals surface area contributed by atoms with E-state index in [2.05, 4.69) is 43.4 Å². The van der Waals surface area contributed by atoms with Crippen molar-refractivity contribution in [2.45, 2.75) is 19.9 Å². The van der Waals surface area contributed by atoms with E-state index in [9.17, 15) is 0 Å². The van der Waals surface area contributed by atoms with Crippen molar-refractivity contribution in [3.8, 4) is 11.5 Å². The van der Waals surface area contributed by atoms with Crippen LogP contribution in [0.4, 0.5) is 0 Å². The molecule has 0 fully saturated rings. The molecule has 0 saturated carbocycles. The zero-order chi connectivity index (χ0) is 15.2. The lowest BCUT2D eigenvalue weighted by molar-refractivity contribution is 0.403. The molecule has 2 rings (SSSR count). The van der Waals surface area contributed by atoms with Crippen LogP contribution in [-0.4, -0.2) is 20.8 Å². The van der Waals surface area contributed by atoms with E-state index < -0.39 is 0 Å². The summed E-state index contributed by atoms with van der Waals surface area (Å²) in [5.74, 6) is 1.76. The summed E-state index contributed by atoms with van der Waals surface area (Å²) in [4.78, 5) is 0. The van der Waals surface area contributed by atoms with Gasteiger partial charge in [0.15, 0.2) is 0 Å². The van der Waals surface area contributed by atoms with Crippen molar-refractivity contribution in [1.82, 2.24) is 5.32 Å². The van der Waals surface area contributed by atoms with Crippen molar-refractivity contribution >= 4 is 0 Å². The van der Waals surface area contributed by atoms with Crippen LogP contribution in [0.15, 0.2) is 42.5 Å². The molecule has 0 saturated heterocycles. The van der Waals surface area contributed by atoms with Gasteiger partial charge in [0, 0.05) is 5.56 Å². The molecule has 21 heavy (non-hydrogen) atoms. The summed E-state index contributed by atoms with van der Waals surface area (Å²) >= 11 is 0. The molecule has 3 nitrogen and oxygen atoms in total. The maximum atomic E-state index is 5.53. The molecule has 0 spiro atoms. The van der Waals surface area contributed by atoms with Gasteiger partial charge < -0.3 is 14.8 Å². The molecular weight excluding hydrogens is 262 g/mol. The molecule has 0 radical (unpaired) electrons. The van der Waals surface area contributed by atoms with Crippen LogP contribution in [0, 0.1) is 6.92 Å². The van der Waals surface area contributed by atoms with Gasteiger partial charge in [-0.25, -0.2) is 0 Å². The van der Waals surface area contributed by atoms with Crippen molar-refractivity contribution in [1.29, 1.82) is 0 Å². The van der Waals surface area contributed by atoms with E-state index in [1.807, 2.05) is 18.2 Å². The molecule has 0 aromatic heterocycles. The third kappa shape index (κ3) is 3.56. The molecule has 1 N–H and O–H groups in total. The zero-order valence-electron chi connectivity index (χ0n) is 13.1. The third-order valence-corrected chi connectivity index (χ3v) is 3.53. The number of aryl methyl sites for hydroxylation is 1. The van der Waals surface area contributed by atoms with E-state index in [-0.39, 0.29) is 6.04 Å². The highest BCUT2D eigenvalue weighted by Crippen LogP contribution is 2.32. The Kier molecular flexibility index (Phi) is 5.23. The summed E-state index contributed by atoms with van der Waals surface area (Å²) in [6.45, 7) is 5.08. The first kappa shape index (κ1) is 15.4. The SMILES string of the molecule is CCNC(c1cccc(OC)c1)c1cc(C)ccc1OC. The molecule has 1 unspecified atom stereocenters. The normalized spacial score (nSPS) is 12.0. The summed E-state index contributed by atoms with van der Waals surface area (Å²) in [7, 11) is 3.40. The van der Waals surface area contributed by atoms with Crippen LogP contribution in [0.1, 0.15) is 29.7 Å². The summed E-state index contributed by atoms with van der Waals surface area (Å²) in [5, 5.41) is 3.53. The van der Waals surface area contributed by atoms with Crippen LogP contribution < -0.4 is 14.8 Å². The minimum Gasteiger partial charge on any atom is -0.497 e. The molecular formula is C18H23NO2. The number of benzene rings is 2. The predicted octanol–water partition coefficient (Wildman–Crippen LogP) is 3.71. The summed E-state index contributed by atoms with van der Waals surface area (Å²) in [6, 6.07) is 14.5. The van der Waals surface area contributed by atoms with Gasteiger partial charge in [0.1, 0.15) is 11.5 Å². The van der Waals surface area contributed by atoms with Gasteiger partial charge in [0.25, 0.3) is 0 Å². The van der Waals surface area contributed by atoms with Crippen molar-refractivity contribution in [2.75, 3.05) is 20.8 Å². The van der Waals surface area contributed by atoms with E-state index in [1.165, 1.54) is 11.1 Å². The highest BCUT2D eigenvalue weighted by molar-refractivity contribution is 5.45. The molecule has 0 amide bonds. The fraction of sp³-hybridized carbons (Fsp3) is 0.333. The quantitative estimate of drug-likeness (QED) is 0.877. The Morgan fingerprint density at radius 3 is 2.52 bits per heavy atom. The zero-order valence-corrected chi connectivity index (χ0v) is 13.1. The van der Waals surface area contributed by atoms with Gasteiger partial charge in [0.05, 0.1) is 20.3 Å². The highest BCUT2D eigenvalue weighted by atomic mass is 16.5. The number of nitrogens with one attached hydrogen (secondary N) is 1. The number of hydrogen-bond acceptors (Lipinski definition) is 3. The van der Waals surface area contributed by atoms with Crippen LogP contribution in [0.5, 0.6) is 11.5 Å². The van der Waals surface area contributed by atoms with E-state index >= 15 is 0 Å². The van der Waals surface area contributed by atoms with Gasteiger partial charge in [-0.3, -0.25) is 0 Å². The fourth-order valence-corrected chi connectivity index (χ4v) is 2.51. The van der Waals surface area contributed by atoms with E-state index in [0.717, 1.165) is 23.6 Å². The van der Waals surface area contributed by atoms with Crippen LogP contribution in [-0.2, 0) is 0 Å². The Labute approximate surface area is 126 Å². The van der Waals surface area contributed by atoms with Gasteiger partial charge in [-0.15, -0.1) is 0 Å². The molecule has 0 aliphatic carbocycles. The molecule has 112 valence electrons. The largest absolute Gasteiger partial charge is 0.497 e. The average Bonchev–Trinajstić information content (AvgIpc) is 2.52. The lowest BCUT2D eigenvalue weighted by Gasteiger charge is -2.22. The van der Waals surface area contributed by atoms with Crippen LogP contribution >= 0.6 is 0 Å². The lowest BCUT2D eigenvalue weighted by atomic mass is 9.96. The Morgan fingerprint density at radius 1 is 1.05 bits per heavy atom. The summed E-state index contributed by atoms with van der Waals surface area (Å²) in [5.41, 5.74) is 3.53. The smallest absolute Gasteiger partial charge is 0.123 e. The monoisotopic (exact) mass is 285 g/mol. The van der Waals surface area contributed by atoms with E-state index in [4.69, 9.17) is 9.47 Å². The molecule has 3 heteroatoms. The van der Waals surface area contributed by atoms with Crippen LogP contribution in [0.2, 0.25) is 0 Å². The van der Waals surface area contributed by atoms with E-state index in [0.29, 0.717) is 0 Å². The van der Waals surface area contributed by atoms with E-state index in [1.54, 1.807) is 14.2 Å².